The van der Waals surface area contributed by atoms with Crippen molar-refractivity contribution in [2.75, 3.05) is 4.90 Å². The van der Waals surface area contributed by atoms with Gasteiger partial charge in [-0.3, -0.25) is 14.9 Å². The highest BCUT2D eigenvalue weighted by Crippen LogP contribution is 2.42. The molecule has 0 aromatic heterocycles. The standard InChI is InChI=1S/C29H23N3O5/c33-28-25-17-22(32(36)37)15-16-26(25)30(18-20-9-3-1-4-10-20)27(23-13-7-8-14-24(23)29(34)35)31(28)19-21-11-5-2-6-12-21/h1-17,27H,18-19H2,(H,34,35)/t27-/m1/s1. The van der Waals surface area contributed by atoms with Gasteiger partial charge in [-0.15, -0.1) is 0 Å². The summed E-state index contributed by atoms with van der Waals surface area (Å²) < 4.78 is 0. The predicted octanol–water partition coefficient (Wildman–Crippen LogP) is 5.65. The van der Waals surface area contributed by atoms with Crippen LogP contribution < -0.4 is 4.90 Å². The smallest absolute Gasteiger partial charge is 0.336 e. The van der Waals surface area contributed by atoms with Crippen molar-refractivity contribution in [3.8, 4) is 0 Å². The molecule has 0 radical (unpaired) electrons. The van der Waals surface area contributed by atoms with Crippen molar-refractivity contribution in [2.24, 2.45) is 0 Å². The Balaban J connectivity index is 1.75. The second-order valence-electron chi connectivity index (χ2n) is 8.76. The van der Waals surface area contributed by atoms with Crippen molar-refractivity contribution in [2.45, 2.75) is 19.3 Å². The Morgan fingerprint density at radius 3 is 1.97 bits per heavy atom. The summed E-state index contributed by atoms with van der Waals surface area (Å²) in [7, 11) is 0. The molecule has 1 amide bonds. The second-order valence-corrected chi connectivity index (χ2v) is 8.76. The zero-order valence-electron chi connectivity index (χ0n) is 19.7. The number of anilines is 1. The van der Waals surface area contributed by atoms with Gasteiger partial charge in [0.2, 0.25) is 0 Å². The Hall–Kier alpha value is -4.98. The van der Waals surface area contributed by atoms with Crippen LogP contribution in [0.5, 0.6) is 0 Å². The van der Waals surface area contributed by atoms with E-state index in [1.165, 1.54) is 18.2 Å². The Morgan fingerprint density at radius 2 is 1.38 bits per heavy atom. The zero-order valence-corrected chi connectivity index (χ0v) is 19.7. The first-order valence-electron chi connectivity index (χ1n) is 11.7. The van der Waals surface area contributed by atoms with E-state index in [-0.39, 0.29) is 23.4 Å². The number of aromatic carboxylic acids is 1. The molecule has 1 heterocycles. The maximum Gasteiger partial charge on any atom is 0.336 e. The van der Waals surface area contributed by atoms with Gasteiger partial charge in [0.1, 0.15) is 6.17 Å². The van der Waals surface area contributed by atoms with Crippen molar-refractivity contribution in [3.63, 3.8) is 0 Å². The van der Waals surface area contributed by atoms with Gasteiger partial charge in [0.15, 0.2) is 0 Å². The first kappa shape index (κ1) is 23.7. The molecule has 0 saturated carbocycles. The molecule has 0 fully saturated rings. The molecule has 184 valence electrons. The third-order valence-corrected chi connectivity index (χ3v) is 6.44. The van der Waals surface area contributed by atoms with Crippen LogP contribution in [0.3, 0.4) is 0 Å². The highest BCUT2D eigenvalue weighted by Gasteiger charge is 2.41. The topological polar surface area (TPSA) is 104 Å². The fraction of sp³-hybridized carbons (Fsp3) is 0.103. The quantitative estimate of drug-likeness (QED) is 0.263. The lowest BCUT2D eigenvalue weighted by Gasteiger charge is -2.46. The van der Waals surface area contributed by atoms with E-state index in [0.717, 1.165) is 11.1 Å². The van der Waals surface area contributed by atoms with E-state index in [9.17, 15) is 24.8 Å². The molecule has 8 heteroatoms. The molecule has 1 aliphatic heterocycles. The summed E-state index contributed by atoms with van der Waals surface area (Å²) in [6.45, 7) is 0.536. The average Bonchev–Trinajstić information content (AvgIpc) is 2.92. The number of hydrogen-bond donors (Lipinski definition) is 1. The van der Waals surface area contributed by atoms with Gasteiger partial charge in [-0.1, -0.05) is 78.9 Å². The molecular weight excluding hydrogens is 470 g/mol. The molecule has 37 heavy (non-hydrogen) atoms. The summed E-state index contributed by atoms with van der Waals surface area (Å²) in [6.07, 6.45) is -0.769. The van der Waals surface area contributed by atoms with Gasteiger partial charge in [0, 0.05) is 30.8 Å². The number of carboxylic acid groups (broad SMARTS) is 1. The molecule has 0 aliphatic carbocycles. The van der Waals surface area contributed by atoms with E-state index in [1.54, 1.807) is 29.2 Å². The van der Waals surface area contributed by atoms with Gasteiger partial charge in [0.05, 0.1) is 21.7 Å². The molecule has 1 aliphatic rings. The third kappa shape index (κ3) is 4.64. The van der Waals surface area contributed by atoms with Crippen molar-refractivity contribution in [3.05, 3.63) is 141 Å². The summed E-state index contributed by atoms with van der Waals surface area (Å²) in [5.74, 6) is -1.51. The normalized spacial score (nSPS) is 14.8. The number of hydrogen-bond acceptors (Lipinski definition) is 5. The molecule has 4 aromatic carbocycles. The number of benzene rings is 4. The molecule has 0 saturated heterocycles. The van der Waals surface area contributed by atoms with E-state index in [0.29, 0.717) is 17.8 Å². The van der Waals surface area contributed by atoms with Crippen LogP contribution in [-0.2, 0) is 13.1 Å². The molecule has 5 rings (SSSR count). The van der Waals surface area contributed by atoms with Gasteiger partial charge in [0.25, 0.3) is 11.6 Å². The lowest BCUT2D eigenvalue weighted by molar-refractivity contribution is -0.384. The maximum absolute atomic E-state index is 14.0. The lowest BCUT2D eigenvalue weighted by Crippen LogP contribution is -2.49. The summed E-state index contributed by atoms with van der Waals surface area (Å²) in [4.78, 5) is 40.8. The van der Waals surface area contributed by atoms with Crippen molar-refractivity contribution in [1.29, 1.82) is 0 Å². The molecule has 1 N–H and O–H groups in total. The van der Waals surface area contributed by atoms with Gasteiger partial charge in [-0.2, -0.15) is 0 Å². The third-order valence-electron chi connectivity index (χ3n) is 6.44. The average molecular weight is 494 g/mol. The molecule has 4 aromatic rings. The minimum atomic E-state index is -1.10. The number of carboxylic acids is 1. The summed E-state index contributed by atoms with van der Waals surface area (Å²) in [6, 6.07) is 29.9. The number of rotatable bonds is 7. The van der Waals surface area contributed by atoms with Gasteiger partial charge in [-0.05, 0) is 23.3 Å². The monoisotopic (exact) mass is 493 g/mol. The van der Waals surface area contributed by atoms with Crippen LogP contribution in [0, 0.1) is 10.1 Å². The van der Waals surface area contributed by atoms with Gasteiger partial charge < -0.3 is 14.9 Å². The Morgan fingerprint density at radius 1 is 0.811 bits per heavy atom. The van der Waals surface area contributed by atoms with Crippen LogP contribution >= 0.6 is 0 Å². The zero-order chi connectivity index (χ0) is 25.9. The number of fused-ring (bicyclic) bond motifs is 1. The number of nitro benzene ring substituents is 1. The van der Waals surface area contributed by atoms with E-state index in [2.05, 4.69) is 0 Å². The van der Waals surface area contributed by atoms with Gasteiger partial charge in [-0.25, -0.2) is 4.79 Å². The second kappa shape index (κ2) is 9.94. The van der Waals surface area contributed by atoms with E-state index in [1.807, 2.05) is 65.6 Å². The number of nitrogens with zero attached hydrogens (tertiary/aromatic N) is 3. The first-order valence-corrected chi connectivity index (χ1v) is 11.7. The lowest BCUT2D eigenvalue weighted by atomic mass is 9.96. The van der Waals surface area contributed by atoms with Crippen LogP contribution in [-0.4, -0.2) is 26.8 Å². The van der Waals surface area contributed by atoms with Crippen LogP contribution in [0.15, 0.2) is 103 Å². The van der Waals surface area contributed by atoms with Crippen molar-refractivity contribution in [1.82, 2.24) is 4.90 Å². The first-order chi connectivity index (χ1) is 17.9. The van der Waals surface area contributed by atoms with E-state index in [4.69, 9.17) is 0 Å². The Labute approximate surface area is 213 Å². The molecule has 1 atom stereocenters. The number of amides is 1. The fourth-order valence-electron chi connectivity index (χ4n) is 4.77. The SMILES string of the molecule is O=C(O)c1ccccc1[C@H]1N(Cc2ccccc2)C(=O)c2cc([N+](=O)[O-])ccc2N1Cc1ccccc1. The number of carbonyl (C=O) groups excluding carboxylic acids is 1. The molecule has 0 bridgehead atoms. The van der Waals surface area contributed by atoms with Crippen LogP contribution in [0.1, 0.15) is 43.6 Å². The predicted molar refractivity (Wildman–Crippen MR) is 138 cm³/mol. The highest BCUT2D eigenvalue weighted by atomic mass is 16.6. The molecular formula is C29H23N3O5. The Kier molecular flexibility index (Phi) is 6.38. The minimum Gasteiger partial charge on any atom is -0.478 e. The van der Waals surface area contributed by atoms with E-state index >= 15 is 0 Å². The van der Waals surface area contributed by atoms with Gasteiger partial charge >= 0.3 is 5.97 Å². The minimum absolute atomic E-state index is 0.0850. The maximum atomic E-state index is 14.0. The van der Waals surface area contributed by atoms with Crippen LogP contribution in [0.2, 0.25) is 0 Å². The molecule has 0 unspecified atom stereocenters. The number of non-ortho nitro benzene ring substituents is 1. The fourth-order valence-corrected chi connectivity index (χ4v) is 4.77. The molecule has 8 nitrogen and oxygen atoms in total. The number of nitro groups is 1. The summed E-state index contributed by atoms with van der Waals surface area (Å²) >= 11 is 0. The highest BCUT2D eigenvalue weighted by molar-refractivity contribution is 6.03. The van der Waals surface area contributed by atoms with Crippen molar-refractivity contribution >= 4 is 23.3 Å². The van der Waals surface area contributed by atoms with Crippen LogP contribution in [0.25, 0.3) is 0 Å². The summed E-state index contributed by atoms with van der Waals surface area (Å²) in [5.41, 5.74) is 2.86. The Bertz CT molecular complexity index is 1470. The van der Waals surface area contributed by atoms with Crippen molar-refractivity contribution < 1.29 is 19.6 Å². The largest absolute Gasteiger partial charge is 0.478 e. The number of carbonyl (C=O) groups is 2. The molecule has 0 spiro atoms. The van der Waals surface area contributed by atoms with Crippen LogP contribution in [0.4, 0.5) is 11.4 Å². The van der Waals surface area contributed by atoms with E-state index < -0.39 is 23.0 Å². The summed E-state index contributed by atoms with van der Waals surface area (Å²) in [5, 5.41) is 21.6.